The van der Waals surface area contributed by atoms with Crippen LogP contribution in [0, 0.1) is 6.92 Å². The van der Waals surface area contributed by atoms with E-state index in [9.17, 15) is 18.0 Å². The molecule has 1 heterocycles. The lowest BCUT2D eigenvalue weighted by molar-refractivity contribution is 0.173. The van der Waals surface area contributed by atoms with Crippen molar-refractivity contribution < 1.29 is 36.4 Å². The lowest BCUT2D eigenvalue weighted by Gasteiger charge is -2.34. The van der Waals surface area contributed by atoms with Gasteiger partial charge in [-0.2, -0.15) is 8.42 Å². The van der Waals surface area contributed by atoms with E-state index in [1.807, 2.05) is 13.0 Å². The third-order valence-electron chi connectivity index (χ3n) is 5.74. The summed E-state index contributed by atoms with van der Waals surface area (Å²) >= 11 is 6.09. The van der Waals surface area contributed by atoms with E-state index in [-0.39, 0.29) is 27.5 Å². The van der Waals surface area contributed by atoms with Crippen molar-refractivity contribution >= 4 is 39.9 Å². The van der Waals surface area contributed by atoms with Crippen molar-refractivity contribution in [2.45, 2.75) is 30.6 Å². The zero-order valence-corrected chi connectivity index (χ0v) is 22.4. The van der Waals surface area contributed by atoms with Crippen LogP contribution in [0.25, 0.3) is 0 Å². The average molecular weight is 554 g/mol. The molecule has 11 nitrogen and oxygen atoms in total. The molecular formula is C24H28ClN3O8S. The van der Waals surface area contributed by atoms with Gasteiger partial charge < -0.3 is 23.3 Å². The van der Waals surface area contributed by atoms with E-state index >= 15 is 0 Å². The van der Waals surface area contributed by atoms with Gasteiger partial charge >= 0.3 is 22.3 Å². The number of ether oxygens (including phenoxy) is 3. The third kappa shape index (κ3) is 6.83. The van der Waals surface area contributed by atoms with Crippen LogP contribution < -0.4 is 14.2 Å². The number of carbonyl (C=O) groups is 2. The van der Waals surface area contributed by atoms with E-state index in [2.05, 4.69) is 19.8 Å². The highest BCUT2D eigenvalue weighted by molar-refractivity contribution is 7.87. The number of guanidine groups is 1. The molecule has 2 aromatic carbocycles. The Morgan fingerprint density at radius 2 is 1.76 bits per heavy atom. The number of rotatable bonds is 5. The van der Waals surface area contributed by atoms with Crippen molar-refractivity contribution in [3.8, 4) is 11.5 Å². The van der Waals surface area contributed by atoms with Gasteiger partial charge in [-0.1, -0.05) is 29.8 Å². The van der Waals surface area contributed by atoms with Crippen LogP contribution in [-0.4, -0.2) is 65.9 Å². The molecule has 0 atom stereocenters. The number of hydrogen-bond acceptors (Lipinski definition) is 8. The van der Waals surface area contributed by atoms with Crippen LogP contribution >= 0.6 is 11.6 Å². The third-order valence-corrected chi connectivity index (χ3v) is 7.48. The van der Waals surface area contributed by atoms with Crippen LogP contribution in [0.5, 0.6) is 11.5 Å². The van der Waals surface area contributed by atoms with E-state index in [1.165, 1.54) is 33.5 Å². The first kappa shape index (κ1) is 28.1. The van der Waals surface area contributed by atoms with E-state index < -0.39 is 22.3 Å². The summed E-state index contributed by atoms with van der Waals surface area (Å²) in [5.74, 6) is 0.341. The van der Waals surface area contributed by atoms with Crippen LogP contribution in [0.4, 0.5) is 9.59 Å². The number of carbonyl (C=O) groups excluding carboxylic acids is 2. The van der Waals surface area contributed by atoms with Crippen LogP contribution in [0.3, 0.4) is 0 Å². The van der Waals surface area contributed by atoms with E-state index in [4.69, 9.17) is 20.5 Å². The summed E-state index contributed by atoms with van der Waals surface area (Å²) in [5, 5.41) is 2.48. The summed E-state index contributed by atoms with van der Waals surface area (Å²) in [4.78, 5) is 28.8. The molecule has 1 aliphatic rings. The van der Waals surface area contributed by atoms with Crippen LogP contribution in [0.15, 0.2) is 46.3 Å². The second-order valence-electron chi connectivity index (χ2n) is 8.14. The molecule has 1 aliphatic heterocycles. The number of amides is 2. The van der Waals surface area contributed by atoms with Crippen molar-refractivity contribution in [3.05, 3.63) is 52.5 Å². The molecule has 1 saturated heterocycles. The zero-order valence-electron chi connectivity index (χ0n) is 20.8. The molecule has 0 bridgehead atoms. The molecule has 0 aliphatic carbocycles. The number of alkyl carbamates (subject to hydrolysis) is 1. The molecule has 0 unspecified atom stereocenters. The molecule has 0 radical (unpaired) electrons. The Morgan fingerprint density at radius 1 is 1.08 bits per heavy atom. The highest BCUT2D eigenvalue weighted by Gasteiger charge is 2.30. The lowest BCUT2D eigenvalue weighted by Crippen LogP contribution is -2.47. The number of piperidine rings is 1. The lowest BCUT2D eigenvalue weighted by atomic mass is 9.87. The number of aliphatic imine (C=N–C) groups is 1. The van der Waals surface area contributed by atoms with Gasteiger partial charge in [-0.25, -0.2) is 9.59 Å². The Hall–Kier alpha value is -3.51. The van der Waals surface area contributed by atoms with Crippen LogP contribution in [0.1, 0.15) is 29.9 Å². The molecule has 13 heteroatoms. The topological polar surface area (TPSA) is 133 Å². The van der Waals surface area contributed by atoms with E-state index in [0.29, 0.717) is 31.7 Å². The Balaban J connectivity index is 1.86. The van der Waals surface area contributed by atoms with Gasteiger partial charge in [-0.3, -0.25) is 5.32 Å². The van der Waals surface area contributed by atoms with Crippen molar-refractivity contribution in [2.24, 2.45) is 4.99 Å². The Labute approximate surface area is 220 Å². The second-order valence-corrected chi connectivity index (χ2v) is 10.1. The van der Waals surface area contributed by atoms with Gasteiger partial charge in [-0.15, -0.1) is 4.99 Å². The minimum atomic E-state index is -4.22. The smallest absolute Gasteiger partial charge is 0.436 e. The second kappa shape index (κ2) is 12.2. The monoisotopic (exact) mass is 553 g/mol. The molecule has 0 saturated carbocycles. The molecular weight excluding hydrogens is 526 g/mol. The standard InChI is InChI=1S/C24H28ClN3O8S/c1-15-13-17(16-9-11-28(12-10-16)22(26-23(29)34-3)27-24(30)35-4)21(33-2)19(14-15)36-37(31,32)20-8-6-5-7-18(20)25/h5-8,13-14,16H,9-12H2,1-4H3,(H,26,27,29,30). The Kier molecular flexibility index (Phi) is 9.22. The Morgan fingerprint density at radius 3 is 2.35 bits per heavy atom. The summed E-state index contributed by atoms with van der Waals surface area (Å²) in [5.41, 5.74) is 1.56. The summed E-state index contributed by atoms with van der Waals surface area (Å²) in [6.07, 6.45) is -0.471. The Bertz CT molecular complexity index is 1290. The predicted molar refractivity (Wildman–Crippen MR) is 136 cm³/mol. The van der Waals surface area contributed by atoms with Gasteiger partial charge in [0.05, 0.1) is 26.4 Å². The van der Waals surface area contributed by atoms with E-state index in [0.717, 1.165) is 11.1 Å². The first-order valence-electron chi connectivity index (χ1n) is 11.2. The highest BCUT2D eigenvalue weighted by Crippen LogP contribution is 2.42. The summed E-state index contributed by atoms with van der Waals surface area (Å²) in [6.45, 7) is 2.68. The number of nitrogens with one attached hydrogen (secondary N) is 1. The minimum absolute atomic E-state index is 0.0169. The van der Waals surface area contributed by atoms with Gasteiger partial charge in [0.15, 0.2) is 11.5 Å². The van der Waals surface area contributed by atoms with Gasteiger partial charge in [0.1, 0.15) is 4.90 Å². The highest BCUT2D eigenvalue weighted by atomic mass is 35.5. The number of likely N-dealkylation sites (tertiary alicyclic amines) is 1. The number of aryl methyl sites for hydroxylation is 1. The molecule has 0 aromatic heterocycles. The summed E-state index contributed by atoms with van der Waals surface area (Å²) in [7, 11) is -0.391. The number of methoxy groups -OCH3 is 3. The van der Waals surface area contributed by atoms with Gasteiger partial charge in [0, 0.05) is 18.7 Å². The predicted octanol–water partition coefficient (Wildman–Crippen LogP) is 4.08. The molecule has 2 amide bonds. The molecule has 1 N–H and O–H groups in total. The maximum atomic E-state index is 13.0. The molecule has 200 valence electrons. The van der Waals surface area contributed by atoms with Crippen molar-refractivity contribution in [1.82, 2.24) is 10.2 Å². The normalized spacial score (nSPS) is 14.6. The minimum Gasteiger partial charge on any atom is -0.492 e. The number of hydrogen-bond donors (Lipinski definition) is 1. The average Bonchev–Trinajstić information content (AvgIpc) is 2.87. The van der Waals surface area contributed by atoms with Crippen molar-refractivity contribution in [1.29, 1.82) is 0 Å². The van der Waals surface area contributed by atoms with Gasteiger partial charge in [-0.05, 0) is 49.4 Å². The maximum absolute atomic E-state index is 13.0. The maximum Gasteiger partial charge on any atom is 0.436 e. The molecule has 37 heavy (non-hydrogen) atoms. The fraction of sp³-hybridized carbons (Fsp3) is 0.375. The van der Waals surface area contributed by atoms with Gasteiger partial charge in [0.2, 0.25) is 5.96 Å². The number of nitrogens with zero attached hydrogens (tertiary/aromatic N) is 2. The van der Waals surface area contributed by atoms with Crippen LogP contribution in [0.2, 0.25) is 5.02 Å². The molecule has 2 aromatic rings. The zero-order chi connectivity index (χ0) is 27.2. The van der Waals surface area contributed by atoms with E-state index in [1.54, 1.807) is 23.1 Å². The first-order chi connectivity index (χ1) is 17.6. The number of halogens is 1. The largest absolute Gasteiger partial charge is 0.492 e. The van der Waals surface area contributed by atoms with Gasteiger partial charge in [0.25, 0.3) is 0 Å². The fourth-order valence-corrected chi connectivity index (χ4v) is 5.44. The summed E-state index contributed by atoms with van der Waals surface area (Å²) in [6, 6.07) is 9.53. The van der Waals surface area contributed by atoms with Crippen molar-refractivity contribution in [3.63, 3.8) is 0 Å². The van der Waals surface area contributed by atoms with Crippen molar-refractivity contribution in [2.75, 3.05) is 34.4 Å². The fourth-order valence-electron chi connectivity index (χ4n) is 4.02. The molecule has 1 fully saturated rings. The number of benzene rings is 2. The molecule has 0 spiro atoms. The first-order valence-corrected chi connectivity index (χ1v) is 13.0. The SMILES string of the molecule is COC(=O)N=C(NC(=O)OC)N1CCC(c2cc(C)cc(OS(=O)(=O)c3ccccc3Cl)c2OC)CC1. The quantitative estimate of drug-likeness (QED) is 0.330. The summed E-state index contributed by atoms with van der Waals surface area (Å²) < 4.78 is 46.2. The van der Waals surface area contributed by atoms with Crippen LogP contribution in [-0.2, 0) is 19.6 Å². The molecule has 3 rings (SSSR count).